The van der Waals surface area contributed by atoms with Crippen molar-refractivity contribution in [2.75, 3.05) is 7.11 Å². The van der Waals surface area contributed by atoms with Gasteiger partial charge >= 0.3 is 0 Å². The molecule has 0 heterocycles. The molecule has 4 unspecified atom stereocenters. The summed E-state index contributed by atoms with van der Waals surface area (Å²) in [5.41, 5.74) is 2.71. The van der Waals surface area contributed by atoms with Crippen LogP contribution in [-0.4, -0.2) is 12.2 Å². The van der Waals surface area contributed by atoms with Crippen molar-refractivity contribution in [1.29, 1.82) is 0 Å². The third-order valence-electron chi connectivity index (χ3n) is 7.04. The van der Waals surface area contributed by atoms with Gasteiger partial charge in [0.1, 0.15) is 23.4 Å². The molecule has 1 N–H and O–H groups in total. The predicted octanol–water partition coefficient (Wildman–Crippen LogP) is 6.55. The molecular formula is C26H34O3. The highest BCUT2D eigenvalue weighted by atomic mass is 16.5. The first-order valence-electron chi connectivity index (χ1n) is 11.2. The van der Waals surface area contributed by atoms with Crippen molar-refractivity contribution >= 4 is 0 Å². The zero-order valence-electron chi connectivity index (χ0n) is 17.9. The maximum atomic E-state index is 10.0. The quantitative estimate of drug-likeness (QED) is 0.604. The minimum atomic E-state index is 0.0390. The number of benzene rings is 2. The van der Waals surface area contributed by atoms with E-state index in [-0.39, 0.29) is 11.9 Å². The summed E-state index contributed by atoms with van der Waals surface area (Å²) in [6, 6.07) is 13.9. The van der Waals surface area contributed by atoms with E-state index in [1.54, 1.807) is 19.2 Å². The molecule has 3 heteroatoms. The Morgan fingerprint density at radius 1 is 1.07 bits per heavy atom. The normalized spacial score (nSPS) is 26.3. The monoisotopic (exact) mass is 394 g/mol. The number of fused-ring (bicyclic) bond motifs is 1. The highest BCUT2D eigenvalue weighted by Gasteiger charge is 2.37. The first-order valence-corrected chi connectivity index (χ1v) is 11.2. The highest BCUT2D eigenvalue weighted by molar-refractivity contribution is 5.42. The number of methoxy groups -OCH3 is 1. The van der Waals surface area contributed by atoms with Crippen molar-refractivity contribution in [1.82, 2.24) is 0 Å². The van der Waals surface area contributed by atoms with E-state index in [0.717, 1.165) is 24.2 Å². The van der Waals surface area contributed by atoms with Crippen LogP contribution in [0.25, 0.3) is 0 Å². The van der Waals surface area contributed by atoms with Gasteiger partial charge in [-0.3, -0.25) is 0 Å². The van der Waals surface area contributed by atoms with Crippen molar-refractivity contribution in [2.24, 2.45) is 23.7 Å². The second-order valence-electron chi connectivity index (χ2n) is 9.34. The molecule has 0 spiro atoms. The van der Waals surface area contributed by atoms with Crippen molar-refractivity contribution in [3.8, 4) is 17.2 Å². The lowest BCUT2D eigenvalue weighted by molar-refractivity contribution is 0.110. The smallest absolute Gasteiger partial charge is 0.127 e. The third-order valence-corrected chi connectivity index (χ3v) is 7.04. The number of aromatic hydroxyl groups is 1. The summed E-state index contributed by atoms with van der Waals surface area (Å²) in [4.78, 5) is 0. The number of rotatable bonds is 6. The maximum Gasteiger partial charge on any atom is 0.127 e. The summed E-state index contributed by atoms with van der Waals surface area (Å²) in [6.45, 7) is 4.75. The average Bonchev–Trinajstić information content (AvgIpc) is 3.04. The zero-order chi connectivity index (χ0) is 20.4. The third kappa shape index (κ3) is 4.55. The van der Waals surface area contributed by atoms with Gasteiger partial charge in [-0.05, 0) is 48.1 Å². The summed E-state index contributed by atoms with van der Waals surface area (Å²) in [7, 11) is 1.61. The fourth-order valence-electron chi connectivity index (χ4n) is 5.48. The zero-order valence-corrected chi connectivity index (χ0v) is 17.9. The van der Waals surface area contributed by atoms with Gasteiger partial charge in [-0.2, -0.15) is 0 Å². The Bertz CT molecular complexity index is 828. The van der Waals surface area contributed by atoms with Crippen LogP contribution in [0.5, 0.6) is 17.2 Å². The van der Waals surface area contributed by atoms with Crippen molar-refractivity contribution < 1.29 is 14.6 Å². The van der Waals surface area contributed by atoms with Gasteiger partial charge in [0.15, 0.2) is 0 Å². The van der Waals surface area contributed by atoms with E-state index < -0.39 is 0 Å². The van der Waals surface area contributed by atoms with E-state index in [2.05, 4.69) is 38.1 Å². The van der Waals surface area contributed by atoms with E-state index in [4.69, 9.17) is 9.47 Å². The van der Waals surface area contributed by atoms with Crippen LogP contribution in [-0.2, 0) is 6.42 Å². The lowest BCUT2D eigenvalue weighted by Crippen LogP contribution is -2.24. The molecule has 0 saturated heterocycles. The standard InChI is InChI=1S/C26H34O3/c1-17(2)19-9-6-7-18(11-19)12-21-13-20-8-4-5-10-25(20)26(21)29-24-15-22(27)14-23(16-24)28-3/h4-5,8,10,14-19,21,26-27H,6-7,9,11-13H2,1-3H3. The Morgan fingerprint density at radius 2 is 1.86 bits per heavy atom. The van der Waals surface area contributed by atoms with E-state index in [1.165, 1.54) is 43.2 Å². The Balaban J connectivity index is 1.54. The molecule has 0 amide bonds. The molecule has 0 bridgehead atoms. The van der Waals surface area contributed by atoms with Crippen molar-refractivity contribution in [3.05, 3.63) is 53.6 Å². The second kappa shape index (κ2) is 8.69. The molecule has 1 fully saturated rings. The SMILES string of the molecule is COc1cc(O)cc(OC2c3ccccc3CC2CC2CCCC(C(C)C)C2)c1. The number of phenolic OH excluding ortho intramolecular Hbond substituents is 1. The summed E-state index contributed by atoms with van der Waals surface area (Å²) in [6.07, 6.45) is 7.81. The van der Waals surface area contributed by atoms with Gasteiger partial charge in [0.05, 0.1) is 7.11 Å². The molecule has 0 aliphatic heterocycles. The summed E-state index contributed by atoms with van der Waals surface area (Å²) in [5.74, 6) is 4.40. The molecule has 156 valence electrons. The predicted molar refractivity (Wildman–Crippen MR) is 117 cm³/mol. The van der Waals surface area contributed by atoms with Crippen LogP contribution in [0.2, 0.25) is 0 Å². The van der Waals surface area contributed by atoms with Crippen molar-refractivity contribution in [3.63, 3.8) is 0 Å². The molecule has 2 aromatic rings. The molecule has 4 atom stereocenters. The number of phenols is 1. The highest BCUT2D eigenvalue weighted by Crippen LogP contribution is 2.46. The van der Waals surface area contributed by atoms with Crippen LogP contribution in [0, 0.1) is 23.7 Å². The lowest BCUT2D eigenvalue weighted by atomic mass is 9.73. The Labute approximate surface area is 175 Å². The van der Waals surface area contributed by atoms with Gasteiger partial charge in [-0.15, -0.1) is 0 Å². The largest absolute Gasteiger partial charge is 0.508 e. The van der Waals surface area contributed by atoms with Gasteiger partial charge in [0.25, 0.3) is 0 Å². The molecule has 4 rings (SSSR count). The van der Waals surface area contributed by atoms with Crippen LogP contribution < -0.4 is 9.47 Å². The van der Waals surface area contributed by atoms with Crippen molar-refractivity contribution in [2.45, 2.75) is 58.5 Å². The molecule has 0 aromatic heterocycles. The van der Waals surface area contributed by atoms with Crippen LogP contribution in [0.4, 0.5) is 0 Å². The number of hydrogen-bond donors (Lipinski definition) is 1. The van der Waals surface area contributed by atoms with Gasteiger partial charge in [0.2, 0.25) is 0 Å². The summed E-state index contributed by atoms with van der Waals surface area (Å²) < 4.78 is 11.8. The average molecular weight is 395 g/mol. The van der Waals surface area contributed by atoms with Crippen LogP contribution in [0.15, 0.2) is 42.5 Å². The summed E-state index contributed by atoms with van der Waals surface area (Å²) in [5, 5.41) is 10.0. The first kappa shape index (κ1) is 20.1. The molecule has 2 aliphatic rings. The van der Waals surface area contributed by atoms with E-state index in [1.807, 2.05) is 6.07 Å². The maximum absolute atomic E-state index is 10.0. The minimum Gasteiger partial charge on any atom is -0.508 e. The first-order chi connectivity index (χ1) is 14.0. The number of hydrogen-bond acceptors (Lipinski definition) is 3. The van der Waals surface area contributed by atoms with E-state index in [9.17, 15) is 5.11 Å². The van der Waals surface area contributed by atoms with Gasteiger partial charge in [-0.25, -0.2) is 0 Å². The molecular weight excluding hydrogens is 360 g/mol. The van der Waals surface area contributed by atoms with E-state index in [0.29, 0.717) is 17.4 Å². The molecule has 2 aromatic carbocycles. The molecule has 2 aliphatic carbocycles. The lowest BCUT2D eigenvalue weighted by Gasteiger charge is -2.34. The molecule has 1 saturated carbocycles. The van der Waals surface area contributed by atoms with Gasteiger partial charge in [-0.1, -0.05) is 57.4 Å². The fourth-order valence-corrected chi connectivity index (χ4v) is 5.48. The molecule has 3 nitrogen and oxygen atoms in total. The van der Waals surface area contributed by atoms with Crippen LogP contribution in [0.3, 0.4) is 0 Å². The van der Waals surface area contributed by atoms with Crippen LogP contribution >= 0.6 is 0 Å². The number of ether oxygens (including phenoxy) is 2. The Hall–Kier alpha value is -2.16. The van der Waals surface area contributed by atoms with Gasteiger partial charge in [0, 0.05) is 24.1 Å². The van der Waals surface area contributed by atoms with Crippen LogP contribution in [0.1, 0.15) is 63.2 Å². The Morgan fingerprint density at radius 3 is 2.66 bits per heavy atom. The van der Waals surface area contributed by atoms with Gasteiger partial charge < -0.3 is 14.6 Å². The minimum absolute atomic E-state index is 0.0390. The summed E-state index contributed by atoms with van der Waals surface area (Å²) >= 11 is 0. The Kier molecular flexibility index (Phi) is 6.03. The fraction of sp³-hybridized carbons (Fsp3) is 0.538. The molecule has 0 radical (unpaired) electrons. The second-order valence-corrected chi connectivity index (χ2v) is 9.34. The molecule has 29 heavy (non-hydrogen) atoms. The topological polar surface area (TPSA) is 38.7 Å². The van der Waals surface area contributed by atoms with E-state index >= 15 is 0 Å².